The number of hydrogen-bond donors (Lipinski definition) is 1. The Hall–Kier alpha value is -2.44. The molecular formula is C18H14Cl2N2O7S2. The highest BCUT2D eigenvalue weighted by molar-refractivity contribution is 7.87. The number of halogens is 2. The third kappa shape index (κ3) is 4.75. The predicted molar refractivity (Wildman–Crippen MR) is 112 cm³/mol. The highest BCUT2D eigenvalue weighted by atomic mass is 35.5. The van der Waals surface area contributed by atoms with Crippen LogP contribution in [0.2, 0.25) is 10.0 Å². The van der Waals surface area contributed by atoms with Crippen LogP contribution < -0.4 is 4.18 Å². The molecule has 0 aliphatic rings. The molecule has 164 valence electrons. The van der Waals surface area contributed by atoms with Crippen LogP contribution in [0.4, 0.5) is 0 Å². The summed E-state index contributed by atoms with van der Waals surface area (Å²) in [6.45, 7) is 1.48. The van der Waals surface area contributed by atoms with Crippen molar-refractivity contribution in [3.63, 3.8) is 0 Å². The molecule has 1 heterocycles. The van der Waals surface area contributed by atoms with Crippen molar-refractivity contribution in [1.29, 1.82) is 0 Å². The Morgan fingerprint density at radius 3 is 2.32 bits per heavy atom. The van der Waals surface area contributed by atoms with E-state index in [0.717, 1.165) is 28.9 Å². The SMILES string of the molecule is Cc1nn(C)c(OS(=O)(=O)c2cccc(S(=O)(=O)O)c2)c1C(=O)c1ccc(Cl)cc1Cl. The van der Waals surface area contributed by atoms with Crippen molar-refractivity contribution in [2.75, 3.05) is 0 Å². The van der Waals surface area contributed by atoms with E-state index in [1.807, 2.05) is 0 Å². The van der Waals surface area contributed by atoms with Gasteiger partial charge in [0.2, 0.25) is 11.7 Å². The van der Waals surface area contributed by atoms with E-state index in [9.17, 15) is 21.6 Å². The van der Waals surface area contributed by atoms with E-state index in [1.54, 1.807) is 0 Å². The largest absolute Gasteiger partial charge is 0.358 e. The average Bonchev–Trinajstić information content (AvgIpc) is 2.93. The summed E-state index contributed by atoms with van der Waals surface area (Å²) in [7, 11) is -7.88. The van der Waals surface area contributed by atoms with Gasteiger partial charge in [0.1, 0.15) is 10.5 Å². The number of carbonyl (C=O) groups is 1. The van der Waals surface area contributed by atoms with Crippen LogP contribution in [0.3, 0.4) is 0 Å². The first kappa shape index (κ1) is 23.2. The van der Waals surface area contributed by atoms with Gasteiger partial charge in [0.15, 0.2) is 0 Å². The first-order valence-electron chi connectivity index (χ1n) is 8.36. The maximum Gasteiger partial charge on any atom is 0.340 e. The number of ketones is 1. The normalized spacial score (nSPS) is 12.0. The van der Waals surface area contributed by atoms with Gasteiger partial charge >= 0.3 is 10.1 Å². The number of hydrogen-bond acceptors (Lipinski definition) is 7. The van der Waals surface area contributed by atoms with E-state index >= 15 is 0 Å². The molecule has 0 unspecified atom stereocenters. The van der Waals surface area contributed by atoms with Gasteiger partial charge in [-0.25, -0.2) is 4.68 Å². The van der Waals surface area contributed by atoms with E-state index in [1.165, 1.54) is 32.2 Å². The molecule has 1 N–H and O–H groups in total. The molecule has 0 spiro atoms. The Morgan fingerprint density at radius 2 is 1.71 bits per heavy atom. The van der Waals surface area contributed by atoms with Crippen molar-refractivity contribution in [1.82, 2.24) is 9.78 Å². The lowest BCUT2D eigenvalue weighted by atomic mass is 10.0. The van der Waals surface area contributed by atoms with Gasteiger partial charge in [-0.1, -0.05) is 29.3 Å². The zero-order valence-electron chi connectivity index (χ0n) is 15.9. The Kier molecular flexibility index (Phi) is 6.18. The lowest BCUT2D eigenvalue weighted by Crippen LogP contribution is -2.15. The minimum atomic E-state index is -4.65. The third-order valence-corrected chi connectivity index (χ3v) is 6.76. The summed E-state index contributed by atoms with van der Waals surface area (Å²) in [5, 5.41) is 4.40. The van der Waals surface area contributed by atoms with Gasteiger partial charge in [-0.05, 0) is 43.3 Å². The van der Waals surface area contributed by atoms with Crippen molar-refractivity contribution in [3.05, 3.63) is 69.3 Å². The zero-order chi connectivity index (χ0) is 23.1. The van der Waals surface area contributed by atoms with Crippen LogP contribution in [0.1, 0.15) is 21.6 Å². The molecule has 0 radical (unpaired) electrons. The highest BCUT2D eigenvalue weighted by Gasteiger charge is 2.29. The minimum Gasteiger partial charge on any atom is -0.358 e. The second-order valence-corrected chi connectivity index (χ2v) is 10.1. The Bertz CT molecular complexity index is 1410. The smallest absolute Gasteiger partial charge is 0.340 e. The summed E-state index contributed by atoms with van der Waals surface area (Å²) >= 11 is 12.0. The molecule has 1 aromatic heterocycles. The van der Waals surface area contributed by atoms with E-state index < -0.39 is 41.7 Å². The molecule has 3 aromatic rings. The second kappa shape index (κ2) is 8.24. The van der Waals surface area contributed by atoms with E-state index in [-0.39, 0.29) is 21.8 Å². The molecule has 3 rings (SSSR count). The molecule has 0 bridgehead atoms. The van der Waals surface area contributed by atoms with Gasteiger partial charge in [-0.15, -0.1) is 0 Å². The Labute approximate surface area is 188 Å². The van der Waals surface area contributed by atoms with Crippen LogP contribution in [0.15, 0.2) is 52.3 Å². The molecule has 0 saturated heterocycles. The molecule has 31 heavy (non-hydrogen) atoms. The summed E-state index contributed by atoms with van der Waals surface area (Å²) in [6, 6.07) is 8.13. The van der Waals surface area contributed by atoms with Gasteiger partial charge in [-0.2, -0.15) is 21.9 Å². The molecule has 0 saturated carbocycles. The number of aromatic nitrogens is 2. The average molecular weight is 505 g/mol. The molecule has 0 atom stereocenters. The first-order valence-corrected chi connectivity index (χ1v) is 12.0. The molecule has 0 aliphatic carbocycles. The molecule has 0 amide bonds. The standard InChI is InChI=1S/C18H14Cl2N2O7S2/c1-10-16(17(23)14-7-6-11(19)8-15(14)20)18(22(2)21-10)29-31(27,28)13-5-3-4-12(9-13)30(24,25)26/h3-9H,1-2H3,(H,24,25,26). The van der Waals surface area contributed by atoms with Crippen LogP contribution in [-0.2, 0) is 27.3 Å². The Morgan fingerprint density at radius 1 is 1.06 bits per heavy atom. The van der Waals surface area contributed by atoms with Crippen LogP contribution in [0, 0.1) is 6.92 Å². The highest BCUT2D eigenvalue weighted by Crippen LogP contribution is 2.31. The lowest BCUT2D eigenvalue weighted by molar-refractivity contribution is 0.103. The van der Waals surface area contributed by atoms with Crippen molar-refractivity contribution >= 4 is 49.2 Å². The van der Waals surface area contributed by atoms with Gasteiger partial charge in [0.05, 0.1) is 15.6 Å². The van der Waals surface area contributed by atoms with Crippen molar-refractivity contribution in [3.8, 4) is 5.88 Å². The monoisotopic (exact) mass is 504 g/mol. The van der Waals surface area contributed by atoms with E-state index in [2.05, 4.69) is 5.10 Å². The van der Waals surface area contributed by atoms with Crippen LogP contribution in [0.5, 0.6) is 5.88 Å². The summed E-state index contributed by atoms with van der Waals surface area (Å²) in [6.07, 6.45) is 0. The minimum absolute atomic E-state index is 0.0513. The zero-order valence-corrected chi connectivity index (χ0v) is 19.0. The van der Waals surface area contributed by atoms with Gasteiger partial charge < -0.3 is 4.18 Å². The lowest BCUT2D eigenvalue weighted by Gasteiger charge is -2.10. The number of benzene rings is 2. The van der Waals surface area contributed by atoms with E-state index in [4.69, 9.17) is 31.9 Å². The number of aryl methyl sites for hydroxylation is 2. The molecule has 9 nitrogen and oxygen atoms in total. The summed E-state index contributed by atoms with van der Waals surface area (Å²) in [5.41, 5.74) is 0.0782. The van der Waals surface area contributed by atoms with Crippen LogP contribution in [-0.4, -0.2) is 37.0 Å². The van der Waals surface area contributed by atoms with Gasteiger partial charge in [-0.3, -0.25) is 9.35 Å². The molecule has 2 aromatic carbocycles. The maximum atomic E-state index is 13.1. The molecule has 13 heteroatoms. The predicted octanol–water partition coefficient (Wildman–Crippen LogP) is 3.28. The Balaban J connectivity index is 2.08. The topological polar surface area (TPSA) is 133 Å². The number of carbonyl (C=O) groups excluding carboxylic acids is 1. The molecular weight excluding hydrogens is 491 g/mol. The fourth-order valence-electron chi connectivity index (χ4n) is 2.74. The van der Waals surface area contributed by atoms with Gasteiger partial charge in [0.25, 0.3) is 10.1 Å². The van der Waals surface area contributed by atoms with Crippen molar-refractivity contribution in [2.24, 2.45) is 7.05 Å². The quantitative estimate of drug-likeness (QED) is 0.307. The fourth-order valence-corrected chi connectivity index (χ4v) is 4.85. The van der Waals surface area contributed by atoms with E-state index in [0.29, 0.717) is 5.02 Å². The maximum absolute atomic E-state index is 13.1. The van der Waals surface area contributed by atoms with Crippen LogP contribution >= 0.6 is 23.2 Å². The van der Waals surface area contributed by atoms with Crippen LogP contribution in [0.25, 0.3) is 0 Å². The molecule has 0 aliphatic heterocycles. The summed E-state index contributed by atoms with van der Waals surface area (Å²) in [4.78, 5) is 11.9. The molecule has 0 fully saturated rings. The third-order valence-electron chi connectivity index (χ3n) is 4.15. The fraction of sp³-hybridized carbons (Fsp3) is 0.111. The first-order chi connectivity index (χ1) is 14.3. The number of nitrogens with zero attached hydrogens (tertiary/aromatic N) is 2. The van der Waals surface area contributed by atoms with Crippen molar-refractivity contribution in [2.45, 2.75) is 16.7 Å². The summed E-state index contributed by atoms with van der Waals surface area (Å²) < 4.78 is 63.6. The van der Waals surface area contributed by atoms with Crippen molar-refractivity contribution < 1.29 is 30.4 Å². The number of rotatable bonds is 6. The summed E-state index contributed by atoms with van der Waals surface area (Å²) in [5.74, 6) is -1.05. The van der Waals surface area contributed by atoms with Gasteiger partial charge in [0, 0.05) is 17.6 Å². The second-order valence-electron chi connectivity index (χ2n) is 6.33.